The van der Waals surface area contributed by atoms with E-state index in [2.05, 4.69) is 44.8 Å². The first-order valence-electron chi connectivity index (χ1n) is 7.13. The molecule has 0 aliphatic rings. The van der Waals surface area contributed by atoms with Crippen molar-refractivity contribution in [2.75, 3.05) is 19.6 Å². The molecule has 0 aromatic carbocycles. The van der Waals surface area contributed by atoms with Gasteiger partial charge in [-0.2, -0.15) is 0 Å². The Balaban J connectivity index is 3.98. The molecule has 0 amide bonds. The van der Waals surface area contributed by atoms with Crippen LogP contribution in [0.15, 0.2) is 0 Å². The lowest BCUT2D eigenvalue weighted by Crippen LogP contribution is -2.44. The van der Waals surface area contributed by atoms with Crippen LogP contribution >= 0.6 is 0 Å². The maximum atomic E-state index is 3.57. The van der Waals surface area contributed by atoms with Gasteiger partial charge in [-0.3, -0.25) is 4.90 Å². The molecule has 2 nitrogen and oxygen atoms in total. The van der Waals surface area contributed by atoms with Crippen LogP contribution in [0.1, 0.15) is 60.3 Å². The SMILES string of the molecule is CCCCCN(CC(CC)NCC)C(C)C. The summed E-state index contributed by atoms with van der Waals surface area (Å²) in [5, 5.41) is 3.57. The molecule has 1 atom stereocenters. The Labute approximate surface area is 103 Å². The maximum absolute atomic E-state index is 3.57. The molecule has 1 unspecified atom stereocenters. The second-order valence-electron chi connectivity index (χ2n) is 4.96. The van der Waals surface area contributed by atoms with E-state index in [4.69, 9.17) is 0 Å². The first-order valence-corrected chi connectivity index (χ1v) is 7.13. The molecule has 0 aromatic heterocycles. The average Bonchev–Trinajstić information content (AvgIpc) is 2.26. The number of unbranched alkanes of at least 4 members (excludes halogenated alkanes) is 2. The van der Waals surface area contributed by atoms with Crippen molar-refractivity contribution in [1.29, 1.82) is 0 Å². The predicted molar refractivity (Wildman–Crippen MR) is 74.0 cm³/mol. The van der Waals surface area contributed by atoms with Gasteiger partial charge in [-0.1, -0.05) is 33.6 Å². The van der Waals surface area contributed by atoms with Crippen molar-refractivity contribution in [3.8, 4) is 0 Å². The number of hydrogen-bond donors (Lipinski definition) is 1. The molecular formula is C14H32N2. The highest BCUT2D eigenvalue weighted by molar-refractivity contribution is 4.72. The lowest BCUT2D eigenvalue weighted by molar-refractivity contribution is 0.192. The van der Waals surface area contributed by atoms with Gasteiger partial charge in [-0.15, -0.1) is 0 Å². The predicted octanol–water partition coefficient (Wildman–Crippen LogP) is 3.28. The molecule has 0 fully saturated rings. The van der Waals surface area contributed by atoms with Crippen molar-refractivity contribution in [2.45, 2.75) is 72.4 Å². The first kappa shape index (κ1) is 15.9. The lowest BCUT2D eigenvalue weighted by Gasteiger charge is -2.30. The second kappa shape index (κ2) is 10.1. The molecule has 0 bridgehead atoms. The van der Waals surface area contributed by atoms with E-state index in [9.17, 15) is 0 Å². The van der Waals surface area contributed by atoms with E-state index in [1.165, 1.54) is 38.8 Å². The van der Waals surface area contributed by atoms with Crippen molar-refractivity contribution in [2.24, 2.45) is 0 Å². The second-order valence-corrected chi connectivity index (χ2v) is 4.96. The molecule has 0 spiro atoms. The summed E-state index contributed by atoms with van der Waals surface area (Å²) in [5.41, 5.74) is 0. The smallest absolute Gasteiger partial charge is 0.0192 e. The van der Waals surface area contributed by atoms with Gasteiger partial charge in [0.15, 0.2) is 0 Å². The van der Waals surface area contributed by atoms with Crippen molar-refractivity contribution in [3.05, 3.63) is 0 Å². The third kappa shape index (κ3) is 7.24. The van der Waals surface area contributed by atoms with E-state index in [0.29, 0.717) is 12.1 Å². The quantitative estimate of drug-likeness (QED) is 0.577. The summed E-state index contributed by atoms with van der Waals surface area (Å²) in [7, 11) is 0. The molecule has 0 aliphatic carbocycles. The third-order valence-electron chi connectivity index (χ3n) is 3.22. The number of hydrogen-bond acceptors (Lipinski definition) is 2. The highest BCUT2D eigenvalue weighted by Crippen LogP contribution is 2.06. The van der Waals surface area contributed by atoms with Gasteiger partial charge in [-0.25, -0.2) is 0 Å². The van der Waals surface area contributed by atoms with Crippen LogP contribution in [0, 0.1) is 0 Å². The van der Waals surface area contributed by atoms with Gasteiger partial charge < -0.3 is 5.32 Å². The minimum absolute atomic E-state index is 0.661. The highest BCUT2D eigenvalue weighted by Gasteiger charge is 2.13. The van der Waals surface area contributed by atoms with E-state index in [-0.39, 0.29) is 0 Å². The van der Waals surface area contributed by atoms with Crippen LogP contribution < -0.4 is 5.32 Å². The van der Waals surface area contributed by atoms with Crippen LogP contribution in [0.2, 0.25) is 0 Å². The zero-order valence-corrected chi connectivity index (χ0v) is 12.1. The summed E-state index contributed by atoms with van der Waals surface area (Å²) in [5.74, 6) is 0. The van der Waals surface area contributed by atoms with Crippen LogP contribution in [-0.2, 0) is 0 Å². The van der Waals surface area contributed by atoms with Gasteiger partial charge in [0.1, 0.15) is 0 Å². The Kier molecular flexibility index (Phi) is 10.0. The Bertz CT molecular complexity index is 146. The van der Waals surface area contributed by atoms with E-state index < -0.39 is 0 Å². The summed E-state index contributed by atoms with van der Waals surface area (Å²) in [6.45, 7) is 14.9. The Hall–Kier alpha value is -0.0800. The van der Waals surface area contributed by atoms with E-state index in [1.807, 2.05) is 0 Å². The zero-order valence-electron chi connectivity index (χ0n) is 12.1. The molecule has 16 heavy (non-hydrogen) atoms. The Morgan fingerprint density at radius 2 is 1.75 bits per heavy atom. The van der Waals surface area contributed by atoms with Crippen molar-refractivity contribution in [3.63, 3.8) is 0 Å². The molecule has 0 rings (SSSR count). The van der Waals surface area contributed by atoms with Crippen LogP contribution in [0.4, 0.5) is 0 Å². The van der Waals surface area contributed by atoms with Gasteiger partial charge in [0.2, 0.25) is 0 Å². The zero-order chi connectivity index (χ0) is 12.4. The number of nitrogens with one attached hydrogen (secondary N) is 1. The van der Waals surface area contributed by atoms with Gasteiger partial charge in [-0.05, 0) is 39.8 Å². The molecular weight excluding hydrogens is 196 g/mol. The third-order valence-corrected chi connectivity index (χ3v) is 3.22. The van der Waals surface area contributed by atoms with Crippen LogP contribution in [0.3, 0.4) is 0 Å². The van der Waals surface area contributed by atoms with Crippen molar-refractivity contribution < 1.29 is 0 Å². The summed E-state index contributed by atoms with van der Waals surface area (Å²) in [4.78, 5) is 2.62. The summed E-state index contributed by atoms with van der Waals surface area (Å²) in [6, 6.07) is 1.33. The van der Waals surface area contributed by atoms with Crippen molar-refractivity contribution in [1.82, 2.24) is 10.2 Å². The largest absolute Gasteiger partial charge is 0.313 e. The summed E-state index contributed by atoms with van der Waals surface area (Å²) >= 11 is 0. The van der Waals surface area contributed by atoms with E-state index in [0.717, 1.165) is 6.54 Å². The maximum Gasteiger partial charge on any atom is 0.0192 e. The monoisotopic (exact) mass is 228 g/mol. The Morgan fingerprint density at radius 1 is 1.06 bits per heavy atom. The summed E-state index contributed by atoms with van der Waals surface area (Å²) in [6.07, 6.45) is 5.25. The normalized spacial score (nSPS) is 13.7. The van der Waals surface area contributed by atoms with Gasteiger partial charge in [0.05, 0.1) is 0 Å². The fraction of sp³-hybridized carbons (Fsp3) is 1.00. The minimum Gasteiger partial charge on any atom is -0.313 e. The molecule has 2 heteroatoms. The molecule has 0 aliphatic heterocycles. The highest BCUT2D eigenvalue weighted by atomic mass is 15.2. The molecule has 1 N–H and O–H groups in total. The lowest BCUT2D eigenvalue weighted by atomic mass is 10.1. The molecule has 0 saturated carbocycles. The van der Waals surface area contributed by atoms with E-state index in [1.54, 1.807) is 0 Å². The van der Waals surface area contributed by atoms with E-state index >= 15 is 0 Å². The van der Waals surface area contributed by atoms with Crippen LogP contribution in [-0.4, -0.2) is 36.6 Å². The molecule has 0 aromatic rings. The topological polar surface area (TPSA) is 15.3 Å². The minimum atomic E-state index is 0.661. The number of rotatable bonds is 10. The molecule has 0 radical (unpaired) electrons. The van der Waals surface area contributed by atoms with Gasteiger partial charge >= 0.3 is 0 Å². The average molecular weight is 228 g/mol. The fourth-order valence-electron chi connectivity index (χ4n) is 2.03. The molecule has 98 valence electrons. The van der Waals surface area contributed by atoms with Crippen LogP contribution in [0.25, 0.3) is 0 Å². The molecule has 0 heterocycles. The van der Waals surface area contributed by atoms with Crippen molar-refractivity contribution >= 4 is 0 Å². The first-order chi connectivity index (χ1) is 7.65. The fourth-order valence-corrected chi connectivity index (χ4v) is 2.03. The van der Waals surface area contributed by atoms with Gasteiger partial charge in [0.25, 0.3) is 0 Å². The van der Waals surface area contributed by atoms with Crippen LogP contribution in [0.5, 0.6) is 0 Å². The Morgan fingerprint density at radius 3 is 2.19 bits per heavy atom. The molecule has 0 saturated heterocycles. The standard InChI is InChI=1S/C14H32N2/c1-6-9-10-11-16(13(4)5)12-14(7-2)15-8-3/h13-15H,6-12H2,1-5H3. The summed E-state index contributed by atoms with van der Waals surface area (Å²) < 4.78 is 0. The number of likely N-dealkylation sites (N-methyl/N-ethyl adjacent to an activating group) is 1. The number of nitrogens with zero attached hydrogens (tertiary/aromatic N) is 1. The van der Waals surface area contributed by atoms with Gasteiger partial charge in [0, 0.05) is 18.6 Å².